The van der Waals surface area contributed by atoms with Gasteiger partial charge in [-0.1, -0.05) is 30.3 Å². The number of ether oxygens (including phenoxy) is 2. The van der Waals surface area contributed by atoms with Crippen LogP contribution in [0.2, 0.25) is 0 Å². The van der Waals surface area contributed by atoms with Gasteiger partial charge in [-0.15, -0.1) is 0 Å². The second-order valence-electron chi connectivity index (χ2n) is 6.62. The second kappa shape index (κ2) is 10.9. The van der Waals surface area contributed by atoms with Gasteiger partial charge < -0.3 is 14.8 Å². The second-order valence-corrected chi connectivity index (χ2v) is 7.47. The van der Waals surface area contributed by atoms with Gasteiger partial charge in [-0.25, -0.2) is 4.79 Å². The van der Waals surface area contributed by atoms with Gasteiger partial charge in [0.1, 0.15) is 5.75 Å². The van der Waals surface area contributed by atoms with Gasteiger partial charge in [0.15, 0.2) is 6.61 Å². The molecule has 33 heavy (non-hydrogen) atoms. The topological polar surface area (TPSA) is 132 Å². The Morgan fingerprint density at radius 1 is 1.09 bits per heavy atom. The number of nitro benzene ring substituents is 1. The lowest BCUT2D eigenvalue weighted by molar-refractivity contribution is -0.384. The summed E-state index contributed by atoms with van der Waals surface area (Å²) in [5, 5.41) is 22.4. The number of non-ortho nitro benzene ring substituents is 1. The molecule has 1 N–H and O–H groups in total. The van der Waals surface area contributed by atoms with Crippen LogP contribution in [0.3, 0.4) is 0 Å². The quantitative estimate of drug-likeness (QED) is 0.268. The molecule has 0 heterocycles. The lowest BCUT2D eigenvalue weighted by atomic mass is 10.1. The van der Waals surface area contributed by atoms with Crippen LogP contribution in [0.5, 0.6) is 5.75 Å². The normalized spacial score (nSPS) is 11.0. The zero-order valence-corrected chi connectivity index (χ0v) is 18.5. The van der Waals surface area contributed by atoms with Crippen LogP contribution < -0.4 is 10.1 Å². The Kier molecular flexibility index (Phi) is 7.73. The molecule has 0 aliphatic carbocycles. The molecule has 0 spiro atoms. The highest BCUT2D eigenvalue weighted by Crippen LogP contribution is 2.29. The standard InChI is InChI=1S/C23H16BrN3O6/c24-19-12-17(27(30)31)8-11-20(19)26-23(29)22(16-4-2-1-3-5-16)33-21(28)14-32-18-9-6-15(13-25)7-10-18/h1-12,22H,14H2,(H,26,29)/t22-/m1/s1. The van der Waals surface area contributed by atoms with Gasteiger partial charge in [0.2, 0.25) is 6.10 Å². The van der Waals surface area contributed by atoms with E-state index in [-0.39, 0.29) is 11.4 Å². The van der Waals surface area contributed by atoms with Gasteiger partial charge in [-0.05, 0) is 46.3 Å². The molecule has 1 amide bonds. The molecule has 0 unspecified atom stereocenters. The van der Waals surface area contributed by atoms with Gasteiger partial charge in [0.05, 0.1) is 22.2 Å². The highest BCUT2D eigenvalue weighted by Gasteiger charge is 2.26. The molecule has 0 fully saturated rings. The molecule has 0 aliphatic heterocycles. The molecule has 0 radical (unpaired) electrons. The smallest absolute Gasteiger partial charge is 0.345 e. The van der Waals surface area contributed by atoms with Gasteiger partial charge >= 0.3 is 5.97 Å². The first-order chi connectivity index (χ1) is 15.9. The third kappa shape index (κ3) is 6.38. The Morgan fingerprint density at radius 3 is 2.39 bits per heavy atom. The number of nitrogens with one attached hydrogen (secondary N) is 1. The predicted molar refractivity (Wildman–Crippen MR) is 121 cm³/mol. The predicted octanol–water partition coefficient (Wildman–Crippen LogP) is 4.53. The van der Waals surface area contributed by atoms with Gasteiger partial charge in [0, 0.05) is 22.2 Å². The van der Waals surface area contributed by atoms with Crippen LogP contribution in [0.25, 0.3) is 0 Å². The maximum absolute atomic E-state index is 12.9. The minimum absolute atomic E-state index is 0.147. The molecular formula is C23H16BrN3O6. The minimum Gasteiger partial charge on any atom is -0.482 e. The zero-order valence-electron chi connectivity index (χ0n) is 16.9. The maximum Gasteiger partial charge on any atom is 0.345 e. The Labute approximate surface area is 196 Å². The van der Waals surface area contributed by atoms with E-state index < -0.39 is 29.5 Å². The molecule has 166 valence electrons. The molecule has 9 nitrogen and oxygen atoms in total. The molecule has 0 aliphatic rings. The fraction of sp³-hybridized carbons (Fsp3) is 0.0870. The number of nitriles is 1. The van der Waals surface area contributed by atoms with Gasteiger partial charge in [0.25, 0.3) is 11.6 Å². The van der Waals surface area contributed by atoms with E-state index in [9.17, 15) is 19.7 Å². The van der Waals surface area contributed by atoms with E-state index in [1.165, 1.54) is 18.2 Å². The van der Waals surface area contributed by atoms with Crippen LogP contribution >= 0.6 is 15.9 Å². The van der Waals surface area contributed by atoms with E-state index in [0.29, 0.717) is 21.3 Å². The lowest BCUT2D eigenvalue weighted by Gasteiger charge is -2.18. The summed E-state index contributed by atoms with van der Waals surface area (Å²) in [5.74, 6) is -1.07. The van der Waals surface area contributed by atoms with E-state index in [0.717, 1.165) is 0 Å². The third-order valence-electron chi connectivity index (χ3n) is 4.35. The minimum atomic E-state index is -1.29. The summed E-state index contributed by atoms with van der Waals surface area (Å²) in [6.07, 6.45) is -1.29. The van der Waals surface area contributed by atoms with Crippen molar-refractivity contribution in [2.45, 2.75) is 6.10 Å². The molecule has 3 aromatic carbocycles. The fourth-order valence-electron chi connectivity index (χ4n) is 2.75. The summed E-state index contributed by atoms with van der Waals surface area (Å²) in [7, 11) is 0. The first kappa shape index (κ1) is 23.4. The number of rotatable bonds is 8. The van der Waals surface area contributed by atoms with E-state index in [1.54, 1.807) is 54.6 Å². The van der Waals surface area contributed by atoms with E-state index in [4.69, 9.17) is 14.7 Å². The van der Waals surface area contributed by atoms with E-state index >= 15 is 0 Å². The molecule has 0 aromatic heterocycles. The average Bonchev–Trinajstić information content (AvgIpc) is 2.83. The van der Waals surface area contributed by atoms with E-state index in [1.807, 2.05) is 6.07 Å². The summed E-state index contributed by atoms with van der Waals surface area (Å²) in [5.41, 5.74) is 1.00. The van der Waals surface area contributed by atoms with Crippen molar-refractivity contribution >= 4 is 39.2 Å². The summed E-state index contributed by atoms with van der Waals surface area (Å²) >= 11 is 3.19. The van der Waals surface area contributed by atoms with Crippen molar-refractivity contribution in [3.63, 3.8) is 0 Å². The van der Waals surface area contributed by atoms with Crippen LogP contribution in [0.4, 0.5) is 11.4 Å². The highest BCUT2D eigenvalue weighted by molar-refractivity contribution is 9.10. The number of benzene rings is 3. The summed E-state index contributed by atoms with van der Waals surface area (Å²) < 4.78 is 11.1. The number of nitrogens with zero attached hydrogens (tertiary/aromatic N) is 2. The Hall–Kier alpha value is -4.23. The number of esters is 1. The number of hydrogen-bond donors (Lipinski definition) is 1. The molecule has 10 heteroatoms. The molecule has 3 aromatic rings. The van der Waals surface area contributed by atoms with Crippen LogP contribution in [-0.4, -0.2) is 23.4 Å². The summed E-state index contributed by atoms with van der Waals surface area (Å²) in [6, 6.07) is 20.4. The van der Waals surface area contributed by atoms with Crippen LogP contribution in [0, 0.1) is 21.4 Å². The molecular weight excluding hydrogens is 494 g/mol. The first-order valence-corrected chi connectivity index (χ1v) is 10.3. The zero-order chi connectivity index (χ0) is 23.8. The molecule has 0 bridgehead atoms. The molecule has 0 saturated heterocycles. The van der Waals surface area contributed by atoms with Crippen molar-refractivity contribution in [3.8, 4) is 11.8 Å². The first-order valence-electron chi connectivity index (χ1n) is 9.49. The van der Waals surface area contributed by atoms with Crippen molar-refractivity contribution in [2.24, 2.45) is 0 Å². The number of carbonyl (C=O) groups is 2. The highest BCUT2D eigenvalue weighted by atomic mass is 79.9. The molecule has 3 rings (SSSR count). The Bertz CT molecular complexity index is 1210. The van der Waals surface area contributed by atoms with Crippen LogP contribution in [0.1, 0.15) is 17.2 Å². The molecule has 0 saturated carbocycles. The maximum atomic E-state index is 12.9. The molecule has 1 atom stereocenters. The van der Waals surface area contributed by atoms with Crippen molar-refractivity contribution in [1.29, 1.82) is 5.26 Å². The number of halogens is 1. The van der Waals surface area contributed by atoms with Gasteiger partial charge in [-0.3, -0.25) is 14.9 Å². The summed E-state index contributed by atoms with van der Waals surface area (Å²) in [6.45, 7) is -0.455. The van der Waals surface area contributed by atoms with Crippen molar-refractivity contribution in [2.75, 3.05) is 11.9 Å². The Morgan fingerprint density at radius 2 is 1.79 bits per heavy atom. The largest absolute Gasteiger partial charge is 0.482 e. The van der Waals surface area contributed by atoms with Crippen molar-refractivity contribution in [3.05, 3.63) is 98.5 Å². The Balaban J connectivity index is 1.72. The third-order valence-corrected chi connectivity index (χ3v) is 5.01. The number of hydrogen-bond acceptors (Lipinski definition) is 7. The fourth-order valence-corrected chi connectivity index (χ4v) is 3.22. The number of carbonyl (C=O) groups excluding carboxylic acids is 2. The van der Waals surface area contributed by atoms with Crippen LogP contribution in [-0.2, 0) is 14.3 Å². The number of anilines is 1. The van der Waals surface area contributed by atoms with Crippen LogP contribution in [0.15, 0.2) is 77.3 Å². The average molecular weight is 510 g/mol. The SMILES string of the molecule is N#Cc1ccc(OCC(=O)O[C@@H](C(=O)Nc2ccc([N+](=O)[O-])cc2Br)c2ccccc2)cc1. The summed E-state index contributed by atoms with van der Waals surface area (Å²) in [4.78, 5) is 35.7. The number of nitro groups is 1. The van der Waals surface area contributed by atoms with E-state index in [2.05, 4.69) is 21.2 Å². The lowest BCUT2D eigenvalue weighted by Crippen LogP contribution is -2.28. The van der Waals surface area contributed by atoms with Gasteiger partial charge in [-0.2, -0.15) is 5.26 Å². The monoisotopic (exact) mass is 509 g/mol. The van der Waals surface area contributed by atoms with Crippen molar-refractivity contribution in [1.82, 2.24) is 0 Å². The number of amides is 1. The van der Waals surface area contributed by atoms with Crippen molar-refractivity contribution < 1.29 is 24.0 Å².